The summed E-state index contributed by atoms with van der Waals surface area (Å²) in [6, 6.07) is 0.346. The van der Waals surface area contributed by atoms with E-state index < -0.39 is 11.2 Å². The third-order valence-corrected chi connectivity index (χ3v) is 4.72. The number of rotatable bonds is 5. The van der Waals surface area contributed by atoms with E-state index in [9.17, 15) is 14.4 Å². The van der Waals surface area contributed by atoms with Crippen molar-refractivity contribution < 1.29 is 9.90 Å². The lowest BCUT2D eigenvalue weighted by Crippen LogP contribution is -2.51. The van der Waals surface area contributed by atoms with Gasteiger partial charge in [0.1, 0.15) is 5.56 Å². The number of aliphatic hydroxyl groups excluding tert-OH is 1. The number of piperidine rings is 1. The zero-order valence-electron chi connectivity index (χ0n) is 14.5. The maximum absolute atomic E-state index is 12.7. The van der Waals surface area contributed by atoms with Crippen LogP contribution in [-0.2, 0) is 7.05 Å². The van der Waals surface area contributed by atoms with Crippen LogP contribution in [0.4, 0.5) is 0 Å². The first-order chi connectivity index (χ1) is 11.3. The average molecular weight is 338 g/mol. The lowest BCUT2D eigenvalue weighted by atomic mass is 9.87. The van der Waals surface area contributed by atoms with Crippen LogP contribution < -0.4 is 11.2 Å². The Labute approximate surface area is 140 Å². The van der Waals surface area contributed by atoms with Crippen molar-refractivity contribution in [3.63, 3.8) is 0 Å². The molecule has 0 aliphatic carbocycles. The summed E-state index contributed by atoms with van der Waals surface area (Å²) >= 11 is 0. The first kappa shape index (κ1) is 18.4. The summed E-state index contributed by atoms with van der Waals surface area (Å²) in [5, 5.41) is 9.10. The second kappa shape index (κ2) is 7.76. The number of aromatic amines is 1. The number of carbonyl (C=O) groups is 1. The van der Waals surface area contributed by atoms with E-state index in [-0.39, 0.29) is 24.0 Å². The molecule has 0 spiro atoms. The van der Waals surface area contributed by atoms with E-state index in [1.165, 1.54) is 17.8 Å². The molecule has 1 amide bonds. The first-order valence-electron chi connectivity index (χ1n) is 8.21. The topological polar surface area (TPSA) is 98.6 Å². The monoisotopic (exact) mass is 338 g/mol. The molecule has 1 fully saturated rings. The maximum atomic E-state index is 12.7. The van der Waals surface area contributed by atoms with E-state index in [2.05, 4.69) is 9.88 Å². The van der Waals surface area contributed by atoms with Crippen LogP contribution in [0.1, 0.15) is 29.6 Å². The van der Waals surface area contributed by atoms with E-state index in [4.69, 9.17) is 5.11 Å². The number of amides is 1. The summed E-state index contributed by atoms with van der Waals surface area (Å²) in [7, 11) is 5.54. The molecular weight excluding hydrogens is 312 g/mol. The Bertz CT molecular complexity index is 694. The number of aryl methyl sites for hydroxylation is 1. The summed E-state index contributed by atoms with van der Waals surface area (Å²) in [5.74, 6) is -0.102. The molecule has 2 heterocycles. The molecule has 0 radical (unpaired) electrons. The minimum atomic E-state index is -0.648. The van der Waals surface area contributed by atoms with Gasteiger partial charge in [-0.2, -0.15) is 0 Å². The second-order valence-electron chi connectivity index (χ2n) is 6.61. The molecule has 1 saturated heterocycles. The highest BCUT2D eigenvalue weighted by atomic mass is 16.3. The highest BCUT2D eigenvalue weighted by molar-refractivity contribution is 5.93. The van der Waals surface area contributed by atoms with Gasteiger partial charge in [-0.25, -0.2) is 4.79 Å². The Morgan fingerprint density at radius 3 is 2.75 bits per heavy atom. The van der Waals surface area contributed by atoms with Crippen LogP contribution in [0.25, 0.3) is 0 Å². The van der Waals surface area contributed by atoms with Crippen molar-refractivity contribution in [3.8, 4) is 0 Å². The van der Waals surface area contributed by atoms with Crippen LogP contribution in [0.15, 0.2) is 15.8 Å². The van der Waals surface area contributed by atoms with Crippen molar-refractivity contribution >= 4 is 5.91 Å². The SMILES string of the molecule is CN(C)[C@H]1CCN(C(=O)c2cn(C)c(=O)[nH]c2=O)C[C@H]1CCCO. The van der Waals surface area contributed by atoms with Crippen molar-refractivity contribution in [1.29, 1.82) is 0 Å². The fourth-order valence-electron chi connectivity index (χ4n) is 3.41. The lowest BCUT2D eigenvalue weighted by molar-refractivity contribution is 0.0493. The van der Waals surface area contributed by atoms with Crippen LogP contribution in [0.5, 0.6) is 0 Å². The number of H-pyrrole nitrogens is 1. The number of hydrogen-bond donors (Lipinski definition) is 2. The second-order valence-corrected chi connectivity index (χ2v) is 6.61. The molecule has 1 aromatic rings. The molecule has 0 bridgehead atoms. The Balaban J connectivity index is 2.20. The van der Waals surface area contributed by atoms with Gasteiger partial charge in [0.25, 0.3) is 11.5 Å². The van der Waals surface area contributed by atoms with Gasteiger partial charge in [0, 0.05) is 39.0 Å². The molecule has 8 nitrogen and oxygen atoms in total. The molecule has 1 aliphatic rings. The number of hydrogen-bond acceptors (Lipinski definition) is 5. The highest BCUT2D eigenvalue weighted by Gasteiger charge is 2.33. The molecule has 1 aliphatic heterocycles. The molecule has 0 aromatic carbocycles. The number of nitrogens with zero attached hydrogens (tertiary/aromatic N) is 3. The lowest BCUT2D eigenvalue weighted by Gasteiger charge is -2.41. The van der Waals surface area contributed by atoms with Gasteiger partial charge in [0.05, 0.1) is 0 Å². The summed E-state index contributed by atoms with van der Waals surface area (Å²) in [6.07, 6.45) is 3.63. The van der Waals surface area contributed by atoms with Crippen LogP contribution in [0.2, 0.25) is 0 Å². The molecule has 1 aromatic heterocycles. The van der Waals surface area contributed by atoms with Gasteiger partial charge in [-0.05, 0) is 39.3 Å². The molecule has 2 rings (SSSR count). The number of aliphatic hydroxyl groups is 1. The molecule has 134 valence electrons. The Kier molecular flexibility index (Phi) is 5.95. The molecule has 24 heavy (non-hydrogen) atoms. The van der Waals surface area contributed by atoms with Crippen molar-refractivity contribution in [1.82, 2.24) is 19.4 Å². The van der Waals surface area contributed by atoms with Gasteiger partial charge in [-0.1, -0.05) is 0 Å². The van der Waals surface area contributed by atoms with Gasteiger partial charge >= 0.3 is 5.69 Å². The number of carbonyl (C=O) groups excluding carboxylic acids is 1. The van der Waals surface area contributed by atoms with Crippen LogP contribution in [-0.4, -0.2) is 70.2 Å². The zero-order valence-corrected chi connectivity index (χ0v) is 14.5. The van der Waals surface area contributed by atoms with Gasteiger partial charge in [-0.3, -0.25) is 14.6 Å². The fraction of sp³-hybridized carbons (Fsp3) is 0.688. The third-order valence-electron chi connectivity index (χ3n) is 4.72. The molecule has 0 unspecified atom stereocenters. The highest BCUT2D eigenvalue weighted by Crippen LogP contribution is 2.25. The Hall–Kier alpha value is -1.93. The van der Waals surface area contributed by atoms with Crippen LogP contribution >= 0.6 is 0 Å². The average Bonchev–Trinajstić information content (AvgIpc) is 2.55. The van der Waals surface area contributed by atoms with Crippen LogP contribution in [0, 0.1) is 5.92 Å². The number of aromatic nitrogens is 2. The molecule has 2 atom stereocenters. The van der Waals surface area contributed by atoms with Crippen molar-refractivity contribution in [2.75, 3.05) is 33.8 Å². The Morgan fingerprint density at radius 2 is 2.12 bits per heavy atom. The van der Waals surface area contributed by atoms with Gasteiger partial charge in [0.2, 0.25) is 0 Å². The van der Waals surface area contributed by atoms with E-state index in [1.54, 1.807) is 4.90 Å². The van der Waals surface area contributed by atoms with Gasteiger partial charge < -0.3 is 19.5 Å². The van der Waals surface area contributed by atoms with Gasteiger partial charge in [-0.15, -0.1) is 0 Å². The molecule has 2 N–H and O–H groups in total. The van der Waals surface area contributed by atoms with Crippen LogP contribution in [0.3, 0.4) is 0 Å². The molecular formula is C16H26N4O4. The summed E-state index contributed by atoms with van der Waals surface area (Å²) < 4.78 is 1.20. The summed E-state index contributed by atoms with van der Waals surface area (Å²) in [6.45, 7) is 1.24. The molecule has 0 saturated carbocycles. The van der Waals surface area contributed by atoms with E-state index in [0.29, 0.717) is 25.6 Å². The largest absolute Gasteiger partial charge is 0.396 e. The standard InChI is InChI=1S/C16H26N4O4/c1-18(2)13-6-7-20(9-11(13)5-4-8-21)15(23)12-10-19(3)16(24)17-14(12)22/h10-11,13,21H,4-9H2,1-3H3,(H,17,22,24)/t11-,13+/m1/s1. The number of likely N-dealkylation sites (tertiary alicyclic amines) is 1. The summed E-state index contributed by atoms with van der Waals surface area (Å²) in [5.41, 5.74) is -1.20. The number of nitrogens with one attached hydrogen (secondary N) is 1. The van der Waals surface area contributed by atoms with Crippen molar-refractivity contribution in [2.24, 2.45) is 13.0 Å². The fourth-order valence-corrected chi connectivity index (χ4v) is 3.41. The van der Waals surface area contributed by atoms with E-state index in [0.717, 1.165) is 12.8 Å². The predicted octanol–water partition coefficient (Wildman–Crippen LogP) is -0.762. The summed E-state index contributed by atoms with van der Waals surface area (Å²) in [4.78, 5) is 42.1. The third kappa shape index (κ3) is 3.93. The Morgan fingerprint density at radius 1 is 1.42 bits per heavy atom. The first-order valence-corrected chi connectivity index (χ1v) is 8.21. The predicted molar refractivity (Wildman–Crippen MR) is 90.1 cm³/mol. The maximum Gasteiger partial charge on any atom is 0.328 e. The van der Waals surface area contributed by atoms with Gasteiger partial charge in [0.15, 0.2) is 0 Å². The van der Waals surface area contributed by atoms with Crippen molar-refractivity contribution in [3.05, 3.63) is 32.6 Å². The van der Waals surface area contributed by atoms with Crippen molar-refractivity contribution in [2.45, 2.75) is 25.3 Å². The molecule has 8 heteroatoms. The van der Waals surface area contributed by atoms with E-state index in [1.807, 2.05) is 14.1 Å². The zero-order chi connectivity index (χ0) is 17.9. The quantitative estimate of drug-likeness (QED) is 0.735. The normalized spacial score (nSPS) is 21.3. The smallest absolute Gasteiger partial charge is 0.328 e. The minimum absolute atomic E-state index is 0.0127. The minimum Gasteiger partial charge on any atom is -0.396 e. The van der Waals surface area contributed by atoms with E-state index >= 15 is 0 Å².